The van der Waals surface area contributed by atoms with Crippen LogP contribution in [0.15, 0.2) is 16.6 Å². The molecule has 0 atom stereocenters. The highest BCUT2D eigenvalue weighted by molar-refractivity contribution is 9.10. The van der Waals surface area contributed by atoms with Crippen molar-refractivity contribution in [2.24, 2.45) is 0 Å². The van der Waals surface area contributed by atoms with Gasteiger partial charge in [-0.15, -0.1) is 0 Å². The van der Waals surface area contributed by atoms with Gasteiger partial charge in [-0.2, -0.15) is 0 Å². The van der Waals surface area contributed by atoms with Gasteiger partial charge in [-0.05, 0) is 28.4 Å². The van der Waals surface area contributed by atoms with Gasteiger partial charge in [0.05, 0.1) is 4.47 Å². The van der Waals surface area contributed by atoms with E-state index in [0.717, 1.165) is 12.5 Å². The zero-order chi connectivity index (χ0) is 14.9. The molecule has 2 rings (SSSR count). The first-order chi connectivity index (χ1) is 9.45. The Morgan fingerprint density at radius 2 is 1.95 bits per heavy atom. The van der Waals surface area contributed by atoms with Crippen molar-refractivity contribution >= 4 is 32.5 Å². The average Bonchev–Trinajstić information content (AvgIpc) is 2.41. The lowest BCUT2D eigenvalue weighted by molar-refractivity contribution is 0.146. The second-order valence-electron chi connectivity index (χ2n) is 4.20. The van der Waals surface area contributed by atoms with Crippen LogP contribution in [0.3, 0.4) is 0 Å². The number of hydrogen-bond acceptors (Lipinski definition) is 2. The number of benzene rings is 1. The Morgan fingerprint density at radius 3 is 2.55 bits per heavy atom. The summed E-state index contributed by atoms with van der Waals surface area (Å²) in [4.78, 5) is 3.58. The van der Waals surface area contributed by atoms with E-state index in [1.165, 1.54) is 0 Å². The molecule has 1 aromatic carbocycles. The zero-order valence-corrected chi connectivity index (χ0v) is 12.1. The van der Waals surface area contributed by atoms with Crippen molar-refractivity contribution in [3.63, 3.8) is 0 Å². The van der Waals surface area contributed by atoms with Gasteiger partial charge >= 0.3 is 0 Å². The van der Waals surface area contributed by atoms with Crippen LogP contribution in [-0.2, 0) is 0 Å². The SMILES string of the molecule is CCCNc1cc(C(F)F)nc2c(F)cc(F)c(Br)c12. The molecule has 0 aliphatic rings. The molecule has 2 nitrogen and oxygen atoms in total. The van der Waals surface area contributed by atoms with Crippen LogP contribution in [0.1, 0.15) is 25.5 Å². The number of hydrogen-bond donors (Lipinski definition) is 1. The van der Waals surface area contributed by atoms with Crippen LogP contribution in [0, 0.1) is 11.6 Å². The summed E-state index contributed by atoms with van der Waals surface area (Å²) in [6, 6.07) is 1.74. The minimum absolute atomic E-state index is 0.000759. The highest BCUT2D eigenvalue weighted by Crippen LogP contribution is 2.35. The normalized spacial score (nSPS) is 11.3. The van der Waals surface area contributed by atoms with Crippen molar-refractivity contribution in [3.05, 3.63) is 33.9 Å². The molecule has 0 aliphatic carbocycles. The number of halogens is 5. The molecule has 0 unspecified atom stereocenters. The Hall–Kier alpha value is -1.37. The number of fused-ring (bicyclic) bond motifs is 1. The fraction of sp³-hybridized carbons (Fsp3) is 0.308. The van der Waals surface area contributed by atoms with Gasteiger partial charge in [-0.25, -0.2) is 22.5 Å². The van der Waals surface area contributed by atoms with Crippen molar-refractivity contribution in [2.45, 2.75) is 19.8 Å². The van der Waals surface area contributed by atoms with Gasteiger partial charge in [0.15, 0.2) is 5.82 Å². The van der Waals surface area contributed by atoms with Crippen LogP contribution < -0.4 is 5.32 Å². The summed E-state index contributed by atoms with van der Waals surface area (Å²) < 4.78 is 53.0. The lowest BCUT2D eigenvalue weighted by atomic mass is 10.1. The first kappa shape index (κ1) is 15.0. The van der Waals surface area contributed by atoms with Gasteiger partial charge in [0.25, 0.3) is 6.43 Å². The number of rotatable bonds is 4. The molecule has 7 heteroatoms. The molecule has 0 fully saturated rings. The van der Waals surface area contributed by atoms with Crippen molar-refractivity contribution in [2.75, 3.05) is 11.9 Å². The number of aromatic nitrogens is 1. The van der Waals surface area contributed by atoms with E-state index in [9.17, 15) is 17.6 Å². The second-order valence-corrected chi connectivity index (χ2v) is 4.99. The quantitative estimate of drug-likeness (QED) is 0.617. The first-order valence-corrected chi connectivity index (χ1v) is 6.75. The van der Waals surface area contributed by atoms with Crippen molar-refractivity contribution in [3.8, 4) is 0 Å². The van der Waals surface area contributed by atoms with E-state index in [1.807, 2.05) is 6.92 Å². The van der Waals surface area contributed by atoms with Crippen LogP contribution in [0.5, 0.6) is 0 Å². The maximum atomic E-state index is 13.8. The van der Waals surface area contributed by atoms with Crippen molar-refractivity contribution in [1.82, 2.24) is 4.98 Å². The fourth-order valence-corrected chi connectivity index (χ4v) is 2.35. The van der Waals surface area contributed by atoms with Gasteiger partial charge in [0.2, 0.25) is 0 Å². The lowest BCUT2D eigenvalue weighted by Crippen LogP contribution is -2.05. The Morgan fingerprint density at radius 1 is 1.25 bits per heavy atom. The van der Waals surface area contributed by atoms with Crippen LogP contribution >= 0.6 is 15.9 Å². The summed E-state index contributed by atoms with van der Waals surface area (Å²) in [5.41, 5.74) is -0.597. The lowest BCUT2D eigenvalue weighted by Gasteiger charge is -2.13. The van der Waals surface area contributed by atoms with Gasteiger partial charge < -0.3 is 5.32 Å². The van der Waals surface area contributed by atoms with Crippen molar-refractivity contribution < 1.29 is 17.6 Å². The van der Waals surface area contributed by atoms with E-state index in [4.69, 9.17) is 0 Å². The zero-order valence-electron chi connectivity index (χ0n) is 10.5. The Bertz CT molecular complexity index is 646. The van der Waals surface area contributed by atoms with Crippen LogP contribution in [-0.4, -0.2) is 11.5 Å². The third-order valence-corrected chi connectivity index (χ3v) is 3.51. The number of nitrogens with one attached hydrogen (secondary N) is 1. The molecule has 0 saturated heterocycles. The van der Waals surface area contributed by atoms with Gasteiger partial charge in [-0.3, -0.25) is 0 Å². The smallest absolute Gasteiger partial charge is 0.280 e. The molecular weight excluding hydrogens is 340 g/mol. The molecule has 0 radical (unpaired) electrons. The molecular formula is C13H11BrF4N2. The predicted octanol–water partition coefficient (Wildman–Crippen LogP) is 5.04. The molecule has 1 N–H and O–H groups in total. The maximum absolute atomic E-state index is 13.8. The van der Waals surface area contributed by atoms with E-state index in [1.54, 1.807) is 0 Å². The summed E-state index contributed by atoms with van der Waals surface area (Å²) in [6.07, 6.45) is -2.09. The van der Waals surface area contributed by atoms with Gasteiger partial charge in [0.1, 0.15) is 17.0 Å². The summed E-state index contributed by atoms with van der Waals surface area (Å²) in [6.45, 7) is 2.38. The number of nitrogens with zero attached hydrogens (tertiary/aromatic N) is 1. The van der Waals surface area contributed by atoms with E-state index in [0.29, 0.717) is 12.6 Å². The Labute approximate surface area is 121 Å². The molecule has 0 amide bonds. The average molecular weight is 351 g/mol. The topological polar surface area (TPSA) is 24.9 Å². The van der Waals surface area contributed by atoms with Crippen LogP contribution in [0.2, 0.25) is 0 Å². The molecule has 0 bridgehead atoms. The van der Waals surface area contributed by atoms with E-state index in [-0.39, 0.29) is 21.1 Å². The summed E-state index contributed by atoms with van der Waals surface area (Å²) in [7, 11) is 0. The molecule has 0 saturated carbocycles. The number of anilines is 1. The molecule has 1 heterocycles. The molecule has 1 aromatic heterocycles. The monoisotopic (exact) mass is 350 g/mol. The van der Waals surface area contributed by atoms with E-state index in [2.05, 4.69) is 26.2 Å². The van der Waals surface area contributed by atoms with Crippen LogP contribution in [0.4, 0.5) is 23.2 Å². The highest BCUT2D eigenvalue weighted by Gasteiger charge is 2.19. The highest BCUT2D eigenvalue weighted by atomic mass is 79.9. The number of alkyl halides is 2. The maximum Gasteiger partial charge on any atom is 0.280 e. The fourth-order valence-electron chi connectivity index (χ4n) is 1.83. The number of pyridine rings is 1. The van der Waals surface area contributed by atoms with E-state index >= 15 is 0 Å². The predicted molar refractivity (Wildman–Crippen MR) is 73.1 cm³/mol. The summed E-state index contributed by atoms with van der Waals surface area (Å²) >= 11 is 3.01. The minimum Gasteiger partial charge on any atom is -0.384 e. The second kappa shape index (κ2) is 5.95. The molecule has 2 aromatic rings. The Kier molecular flexibility index (Phi) is 4.47. The van der Waals surface area contributed by atoms with E-state index < -0.39 is 23.8 Å². The molecule has 20 heavy (non-hydrogen) atoms. The third-order valence-electron chi connectivity index (χ3n) is 2.74. The standard InChI is InChI=1S/C13H11BrF4N2/c1-2-3-19-8-5-9(13(17)18)20-12-7(16)4-6(15)11(14)10(8)12/h4-5,13H,2-3H2,1H3,(H,19,20). The van der Waals surface area contributed by atoms with Gasteiger partial charge in [0, 0.05) is 23.7 Å². The first-order valence-electron chi connectivity index (χ1n) is 5.95. The molecule has 0 spiro atoms. The van der Waals surface area contributed by atoms with Crippen LogP contribution in [0.25, 0.3) is 10.9 Å². The minimum atomic E-state index is -2.83. The summed E-state index contributed by atoms with van der Waals surface area (Å²) in [5, 5.41) is 3.02. The largest absolute Gasteiger partial charge is 0.384 e. The van der Waals surface area contributed by atoms with Gasteiger partial charge in [-0.1, -0.05) is 6.92 Å². The Balaban J connectivity index is 2.77. The molecule has 0 aliphatic heterocycles. The summed E-state index contributed by atoms with van der Waals surface area (Å²) in [5.74, 6) is -1.77. The molecule has 108 valence electrons. The third kappa shape index (κ3) is 2.72. The van der Waals surface area contributed by atoms with Crippen molar-refractivity contribution in [1.29, 1.82) is 0 Å².